The smallest absolute Gasteiger partial charge is 0.144 e. The van der Waals surface area contributed by atoms with Crippen LogP contribution >= 0.6 is 0 Å². The highest BCUT2D eigenvalue weighted by molar-refractivity contribution is 5.30. The molecule has 0 spiro atoms. The molecule has 0 aliphatic heterocycles. The molecule has 1 N–H and O–H groups in total. The average molecular weight is 231 g/mol. The van der Waals surface area contributed by atoms with Crippen LogP contribution < -0.4 is 5.32 Å². The molecule has 4 heteroatoms. The van der Waals surface area contributed by atoms with Crippen molar-refractivity contribution in [3.05, 3.63) is 29.6 Å². The molecule has 0 aromatic carbocycles. The van der Waals surface area contributed by atoms with Gasteiger partial charge in [-0.25, -0.2) is 4.98 Å². The summed E-state index contributed by atoms with van der Waals surface area (Å²) in [7, 11) is 0. The predicted octanol–water partition coefficient (Wildman–Crippen LogP) is 1.47. The molecule has 90 valence electrons. The number of pyridine rings is 1. The molecule has 1 aromatic rings. The van der Waals surface area contributed by atoms with Gasteiger partial charge in [-0.15, -0.1) is 0 Å². The molecular weight excluding hydrogens is 214 g/mol. The molecule has 1 aromatic heterocycles. The lowest BCUT2D eigenvalue weighted by atomic mass is 10.2. The molecule has 17 heavy (non-hydrogen) atoms. The van der Waals surface area contributed by atoms with Crippen molar-refractivity contribution in [2.24, 2.45) is 5.92 Å². The van der Waals surface area contributed by atoms with Gasteiger partial charge in [0.05, 0.1) is 6.61 Å². The summed E-state index contributed by atoms with van der Waals surface area (Å²) >= 11 is 0. The second-order valence-corrected chi connectivity index (χ2v) is 4.32. The van der Waals surface area contributed by atoms with E-state index in [1.807, 2.05) is 12.1 Å². The molecule has 4 nitrogen and oxygen atoms in total. The number of nitriles is 1. The van der Waals surface area contributed by atoms with E-state index < -0.39 is 0 Å². The van der Waals surface area contributed by atoms with E-state index >= 15 is 0 Å². The van der Waals surface area contributed by atoms with Crippen molar-refractivity contribution in [3.8, 4) is 6.07 Å². The van der Waals surface area contributed by atoms with Crippen LogP contribution in [0.5, 0.6) is 0 Å². The van der Waals surface area contributed by atoms with E-state index in [0.29, 0.717) is 12.2 Å². The van der Waals surface area contributed by atoms with Gasteiger partial charge in [0.1, 0.15) is 11.8 Å². The van der Waals surface area contributed by atoms with Crippen LogP contribution in [0, 0.1) is 17.2 Å². The zero-order valence-corrected chi connectivity index (χ0v) is 9.85. The summed E-state index contributed by atoms with van der Waals surface area (Å²) in [4.78, 5) is 4.01. The summed E-state index contributed by atoms with van der Waals surface area (Å²) in [6.07, 6.45) is 4.30. The number of hydrogen-bond donors (Lipinski definition) is 1. The van der Waals surface area contributed by atoms with Crippen LogP contribution in [0.4, 0.5) is 0 Å². The maximum absolute atomic E-state index is 8.86. The molecule has 0 radical (unpaired) electrons. The van der Waals surface area contributed by atoms with Gasteiger partial charge >= 0.3 is 0 Å². The van der Waals surface area contributed by atoms with Crippen molar-refractivity contribution in [2.75, 3.05) is 19.8 Å². The van der Waals surface area contributed by atoms with Crippen LogP contribution in [0.3, 0.4) is 0 Å². The minimum absolute atomic E-state index is 0.499. The minimum Gasteiger partial charge on any atom is -0.380 e. The molecule has 0 amide bonds. The van der Waals surface area contributed by atoms with Gasteiger partial charge in [-0.1, -0.05) is 6.07 Å². The van der Waals surface area contributed by atoms with Gasteiger partial charge in [-0.05, 0) is 24.8 Å². The van der Waals surface area contributed by atoms with Crippen molar-refractivity contribution in [2.45, 2.75) is 19.4 Å². The van der Waals surface area contributed by atoms with Gasteiger partial charge in [0.15, 0.2) is 0 Å². The second kappa shape index (κ2) is 6.33. The molecule has 0 saturated heterocycles. The lowest BCUT2D eigenvalue weighted by Gasteiger charge is -2.06. The lowest BCUT2D eigenvalue weighted by molar-refractivity contribution is 0.126. The van der Waals surface area contributed by atoms with E-state index in [9.17, 15) is 0 Å². The summed E-state index contributed by atoms with van der Waals surface area (Å²) < 4.78 is 5.51. The quantitative estimate of drug-likeness (QED) is 0.722. The average Bonchev–Trinajstić information content (AvgIpc) is 3.18. The zero-order valence-electron chi connectivity index (χ0n) is 9.85. The van der Waals surface area contributed by atoms with E-state index in [2.05, 4.69) is 16.4 Å². The Morgan fingerprint density at radius 2 is 2.41 bits per heavy atom. The molecule has 0 unspecified atom stereocenters. The summed E-state index contributed by atoms with van der Waals surface area (Å²) in [6, 6.07) is 5.86. The first-order valence-corrected chi connectivity index (χ1v) is 6.02. The van der Waals surface area contributed by atoms with Gasteiger partial charge in [0.25, 0.3) is 0 Å². The van der Waals surface area contributed by atoms with Gasteiger partial charge < -0.3 is 10.1 Å². The number of nitrogens with one attached hydrogen (secondary N) is 1. The van der Waals surface area contributed by atoms with Gasteiger partial charge in [0.2, 0.25) is 0 Å². The summed E-state index contributed by atoms with van der Waals surface area (Å²) in [5.74, 6) is 0.818. The maximum atomic E-state index is 8.86. The Morgan fingerprint density at radius 3 is 3.18 bits per heavy atom. The molecule has 0 bridgehead atoms. The van der Waals surface area contributed by atoms with Crippen LogP contribution in [-0.2, 0) is 11.3 Å². The Kier molecular flexibility index (Phi) is 4.48. The first-order chi connectivity index (χ1) is 8.40. The minimum atomic E-state index is 0.499. The normalized spacial score (nSPS) is 14.5. The van der Waals surface area contributed by atoms with Crippen molar-refractivity contribution < 1.29 is 4.74 Å². The number of rotatable bonds is 7. The molecule has 2 rings (SSSR count). The molecule has 1 saturated carbocycles. The summed E-state index contributed by atoms with van der Waals surface area (Å²) in [5, 5.41) is 12.1. The van der Waals surface area contributed by atoms with E-state index in [1.165, 1.54) is 12.8 Å². The number of ether oxygens (including phenoxy) is 1. The van der Waals surface area contributed by atoms with E-state index in [-0.39, 0.29) is 0 Å². The Bertz CT molecular complexity index is 396. The van der Waals surface area contributed by atoms with E-state index in [1.54, 1.807) is 6.20 Å². The van der Waals surface area contributed by atoms with Gasteiger partial charge in [0, 0.05) is 31.5 Å². The first kappa shape index (κ1) is 12.0. The molecule has 1 fully saturated rings. The van der Waals surface area contributed by atoms with E-state index in [4.69, 9.17) is 10.00 Å². The first-order valence-electron chi connectivity index (χ1n) is 6.02. The second-order valence-electron chi connectivity index (χ2n) is 4.32. The highest BCUT2D eigenvalue weighted by Gasteiger charge is 2.20. The van der Waals surface area contributed by atoms with Crippen LogP contribution in [0.15, 0.2) is 18.3 Å². The highest BCUT2D eigenvalue weighted by Crippen LogP contribution is 2.28. The number of hydrogen-bond acceptors (Lipinski definition) is 4. The molecule has 1 aliphatic rings. The van der Waals surface area contributed by atoms with Crippen LogP contribution in [-0.4, -0.2) is 24.7 Å². The molecule has 1 heterocycles. The Balaban J connectivity index is 1.61. The Hall–Kier alpha value is -1.44. The third-order valence-electron chi connectivity index (χ3n) is 2.79. The maximum Gasteiger partial charge on any atom is 0.144 e. The van der Waals surface area contributed by atoms with E-state index in [0.717, 1.165) is 31.2 Å². The van der Waals surface area contributed by atoms with Gasteiger partial charge in [-0.3, -0.25) is 0 Å². The largest absolute Gasteiger partial charge is 0.380 e. The van der Waals surface area contributed by atoms with Gasteiger partial charge in [-0.2, -0.15) is 5.26 Å². The summed E-state index contributed by atoms with van der Waals surface area (Å²) in [6.45, 7) is 3.12. The van der Waals surface area contributed by atoms with Crippen molar-refractivity contribution >= 4 is 0 Å². The van der Waals surface area contributed by atoms with Crippen LogP contribution in [0.25, 0.3) is 0 Å². The van der Waals surface area contributed by atoms with Crippen molar-refractivity contribution in [1.29, 1.82) is 5.26 Å². The Labute approximate surface area is 102 Å². The third-order valence-corrected chi connectivity index (χ3v) is 2.79. The Morgan fingerprint density at radius 1 is 1.53 bits per heavy atom. The monoisotopic (exact) mass is 231 g/mol. The fourth-order valence-electron chi connectivity index (χ4n) is 1.58. The predicted molar refractivity (Wildman–Crippen MR) is 64.2 cm³/mol. The number of aromatic nitrogens is 1. The highest BCUT2D eigenvalue weighted by atomic mass is 16.5. The standard InChI is InChI=1S/C13H17N3O/c14-8-13-12(2-1-5-16-13)9-15-6-7-17-10-11-3-4-11/h1-2,5,11,15H,3-4,6-7,9-10H2. The topological polar surface area (TPSA) is 57.9 Å². The molecule has 0 atom stereocenters. The fraction of sp³-hybridized carbons (Fsp3) is 0.538. The summed E-state index contributed by atoms with van der Waals surface area (Å²) in [5.41, 5.74) is 1.44. The zero-order chi connectivity index (χ0) is 11.9. The SMILES string of the molecule is N#Cc1ncccc1CNCCOCC1CC1. The number of nitrogens with zero attached hydrogens (tertiary/aromatic N) is 2. The van der Waals surface area contributed by atoms with Crippen LogP contribution in [0.2, 0.25) is 0 Å². The lowest BCUT2D eigenvalue weighted by Crippen LogP contribution is -2.20. The fourth-order valence-corrected chi connectivity index (χ4v) is 1.58. The third kappa shape index (κ3) is 4.14. The van der Waals surface area contributed by atoms with Crippen molar-refractivity contribution in [1.82, 2.24) is 10.3 Å². The van der Waals surface area contributed by atoms with Crippen LogP contribution in [0.1, 0.15) is 24.1 Å². The molecular formula is C13H17N3O. The van der Waals surface area contributed by atoms with Crippen molar-refractivity contribution in [3.63, 3.8) is 0 Å². The molecule has 1 aliphatic carbocycles.